The van der Waals surface area contributed by atoms with Gasteiger partial charge in [0.2, 0.25) is 0 Å². The lowest BCUT2D eigenvalue weighted by Gasteiger charge is -2.11. The van der Waals surface area contributed by atoms with E-state index in [-0.39, 0.29) is 16.5 Å². The Morgan fingerprint density at radius 2 is 1.93 bits per heavy atom. The number of aryl methyl sites for hydroxylation is 2. The van der Waals surface area contributed by atoms with Gasteiger partial charge in [0.15, 0.2) is 0 Å². The molecule has 2 N–H and O–H groups in total. The summed E-state index contributed by atoms with van der Waals surface area (Å²) in [7, 11) is 0. The lowest BCUT2D eigenvalue weighted by Crippen LogP contribution is -2.18. The van der Waals surface area contributed by atoms with Gasteiger partial charge in [-0.2, -0.15) is 0 Å². The van der Waals surface area contributed by atoms with Crippen molar-refractivity contribution in [3.05, 3.63) is 58.2 Å². The molecule has 0 saturated carbocycles. The molecule has 1 amide bonds. The number of nitrogens with one attached hydrogen (secondary N) is 1. The summed E-state index contributed by atoms with van der Waals surface area (Å²) in [6.07, 6.45) is 0. The summed E-state index contributed by atoms with van der Waals surface area (Å²) in [5.41, 5.74) is 2.61. The van der Waals surface area contributed by atoms with Gasteiger partial charge in [0.1, 0.15) is 11.4 Å². The second kappa shape index (κ2) is 7.94. The first kappa shape index (κ1) is 19.8. The molecule has 0 aliphatic rings. The number of benzene rings is 2. The van der Waals surface area contributed by atoms with E-state index in [1.807, 2.05) is 43.5 Å². The molecule has 0 atom stereocenters. The molecule has 146 valence electrons. The van der Waals surface area contributed by atoms with Crippen LogP contribution in [-0.4, -0.2) is 28.2 Å². The Bertz CT molecular complexity index is 1070. The first-order valence-electron chi connectivity index (χ1n) is 8.97. The number of carbonyl (C=O) groups is 2. The van der Waals surface area contributed by atoms with Crippen molar-refractivity contribution in [2.45, 2.75) is 27.3 Å². The fraction of sp³-hybridized carbons (Fsp3) is 0.238. The number of aromatic carboxylic acids is 1. The average Bonchev–Trinajstić information content (AvgIpc) is 2.95. The van der Waals surface area contributed by atoms with E-state index >= 15 is 0 Å². The average molecular weight is 401 g/mol. The topological polar surface area (TPSA) is 80.6 Å². The van der Waals surface area contributed by atoms with E-state index < -0.39 is 5.97 Å². The molecule has 0 aliphatic heterocycles. The summed E-state index contributed by atoms with van der Waals surface area (Å²) in [6.45, 7) is 6.96. The predicted molar refractivity (Wildman–Crippen MR) is 110 cm³/mol. The van der Waals surface area contributed by atoms with Crippen LogP contribution in [0.2, 0.25) is 5.02 Å². The second-order valence-corrected chi connectivity index (χ2v) is 6.69. The molecule has 2 aromatic carbocycles. The number of hydrogen-bond acceptors (Lipinski definition) is 3. The summed E-state index contributed by atoms with van der Waals surface area (Å²) in [5.74, 6) is -0.710. The zero-order chi connectivity index (χ0) is 20.4. The number of aromatic nitrogens is 1. The van der Waals surface area contributed by atoms with E-state index in [4.69, 9.17) is 16.3 Å². The molecule has 3 rings (SSSR count). The molecule has 28 heavy (non-hydrogen) atoms. The number of fused-ring (bicyclic) bond motifs is 1. The molecule has 0 unspecified atom stereocenters. The minimum Gasteiger partial charge on any atom is -0.494 e. The quantitative estimate of drug-likeness (QED) is 0.612. The third kappa shape index (κ3) is 3.55. The highest BCUT2D eigenvalue weighted by Gasteiger charge is 2.21. The largest absolute Gasteiger partial charge is 0.494 e. The Kier molecular flexibility index (Phi) is 5.61. The maximum absolute atomic E-state index is 13.0. The minimum atomic E-state index is -1.15. The fourth-order valence-corrected chi connectivity index (χ4v) is 3.53. The van der Waals surface area contributed by atoms with Crippen molar-refractivity contribution in [3.63, 3.8) is 0 Å². The maximum Gasteiger partial charge on any atom is 0.337 e. The Balaban J connectivity index is 2.03. The summed E-state index contributed by atoms with van der Waals surface area (Å²) < 4.78 is 7.51. The van der Waals surface area contributed by atoms with Gasteiger partial charge in [-0.25, -0.2) is 4.79 Å². The molecule has 1 aromatic heterocycles. The highest BCUT2D eigenvalue weighted by atomic mass is 35.5. The van der Waals surface area contributed by atoms with Crippen LogP contribution in [0.5, 0.6) is 5.75 Å². The van der Waals surface area contributed by atoms with Crippen molar-refractivity contribution in [1.82, 2.24) is 4.57 Å². The molecule has 0 aliphatic carbocycles. The number of carboxylic acids is 1. The zero-order valence-electron chi connectivity index (χ0n) is 15.9. The Morgan fingerprint density at radius 3 is 2.57 bits per heavy atom. The molecule has 1 heterocycles. The number of carboxylic acid groups (broad SMARTS) is 1. The smallest absolute Gasteiger partial charge is 0.337 e. The molecule has 0 saturated heterocycles. The molecule has 3 aromatic rings. The zero-order valence-corrected chi connectivity index (χ0v) is 16.6. The van der Waals surface area contributed by atoms with Gasteiger partial charge in [0.25, 0.3) is 5.91 Å². The monoisotopic (exact) mass is 400 g/mol. The van der Waals surface area contributed by atoms with Crippen molar-refractivity contribution >= 4 is 40.1 Å². The molecule has 6 nitrogen and oxygen atoms in total. The molecule has 0 spiro atoms. The SMILES string of the molecule is CCOc1ccc2c(c1)c(C)c(C(=O)Nc1ccc(Cl)c(C(=O)O)c1)n2CC. The van der Waals surface area contributed by atoms with Gasteiger partial charge < -0.3 is 19.7 Å². The Labute approximate surface area is 167 Å². The standard InChI is InChI=1S/C21H21ClN2O4/c1-4-24-18-9-7-14(28-5-2)11-15(18)12(3)19(24)20(25)23-13-6-8-17(22)16(10-13)21(26)27/h6-11H,4-5H2,1-3H3,(H,23,25)(H,26,27). The van der Waals surface area contributed by atoms with E-state index in [1.165, 1.54) is 12.1 Å². The second-order valence-electron chi connectivity index (χ2n) is 6.28. The number of amides is 1. The number of rotatable bonds is 6. The van der Waals surface area contributed by atoms with Gasteiger partial charge >= 0.3 is 5.97 Å². The number of carbonyl (C=O) groups excluding carboxylic acids is 1. The number of ether oxygens (including phenoxy) is 1. The Hall–Kier alpha value is -2.99. The summed E-state index contributed by atoms with van der Waals surface area (Å²) in [4.78, 5) is 24.3. The van der Waals surface area contributed by atoms with E-state index in [0.717, 1.165) is 22.2 Å². The van der Waals surface area contributed by atoms with Crippen molar-refractivity contribution in [3.8, 4) is 5.75 Å². The minimum absolute atomic E-state index is 0.0615. The van der Waals surface area contributed by atoms with Crippen LogP contribution in [0.15, 0.2) is 36.4 Å². The van der Waals surface area contributed by atoms with Crippen LogP contribution in [0.1, 0.15) is 40.3 Å². The summed E-state index contributed by atoms with van der Waals surface area (Å²) in [5, 5.41) is 13.1. The molecular formula is C21H21ClN2O4. The van der Waals surface area contributed by atoms with Crippen molar-refractivity contribution in [1.29, 1.82) is 0 Å². The number of nitrogens with zero attached hydrogens (tertiary/aromatic N) is 1. The lowest BCUT2D eigenvalue weighted by molar-refractivity contribution is 0.0696. The van der Waals surface area contributed by atoms with Gasteiger partial charge in [-0.05, 0) is 62.7 Å². The van der Waals surface area contributed by atoms with Crippen LogP contribution in [-0.2, 0) is 6.54 Å². The fourth-order valence-electron chi connectivity index (χ4n) is 3.34. The van der Waals surface area contributed by atoms with E-state index in [0.29, 0.717) is 24.5 Å². The van der Waals surface area contributed by atoms with Crippen LogP contribution in [0, 0.1) is 6.92 Å². The third-order valence-corrected chi connectivity index (χ3v) is 4.91. The molecule has 0 bridgehead atoms. The van der Waals surface area contributed by atoms with Gasteiger partial charge in [-0.15, -0.1) is 0 Å². The predicted octanol–water partition coefficient (Wildman–Crippen LogP) is 4.97. The van der Waals surface area contributed by atoms with Gasteiger partial charge in [0.05, 0.1) is 17.2 Å². The van der Waals surface area contributed by atoms with Crippen molar-refractivity contribution in [2.24, 2.45) is 0 Å². The van der Waals surface area contributed by atoms with Crippen LogP contribution in [0.4, 0.5) is 5.69 Å². The molecule has 0 fully saturated rings. The van der Waals surface area contributed by atoms with Crippen molar-refractivity contribution in [2.75, 3.05) is 11.9 Å². The van der Waals surface area contributed by atoms with Crippen LogP contribution in [0.25, 0.3) is 10.9 Å². The number of hydrogen-bond donors (Lipinski definition) is 2. The number of anilines is 1. The highest BCUT2D eigenvalue weighted by Crippen LogP contribution is 2.30. The van der Waals surface area contributed by atoms with Crippen LogP contribution < -0.4 is 10.1 Å². The first-order chi connectivity index (χ1) is 13.4. The van der Waals surface area contributed by atoms with Gasteiger partial charge in [0, 0.05) is 23.1 Å². The van der Waals surface area contributed by atoms with Crippen LogP contribution >= 0.6 is 11.6 Å². The molecule has 7 heteroatoms. The van der Waals surface area contributed by atoms with Gasteiger partial charge in [-0.3, -0.25) is 4.79 Å². The lowest BCUT2D eigenvalue weighted by atomic mass is 10.1. The maximum atomic E-state index is 13.0. The summed E-state index contributed by atoms with van der Waals surface area (Å²) >= 11 is 5.90. The first-order valence-corrected chi connectivity index (χ1v) is 9.35. The van der Waals surface area contributed by atoms with Crippen molar-refractivity contribution < 1.29 is 19.4 Å². The summed E-state index contributed by atoms with van der Waals surface area (Å²) in [6, 6.07) is 10.1. The third-order valence-electron chi connectivity index (χ3n) is 4.58. The van der Waals surface area contributed by atoms with E-state index in [2.05, 4.69) is 5.32 Å². The van der Waals surface area contributed by atoms with E-state index in [9.17, 15) is 14.7 Å². The van der Waals surface area contributed by atoms with Crippen LogP contribution in [0.3, 0.4) is 0 Å². The number of halogens is 1. The normalized spacial score (nSPS) is 10.9. The highest BCUT2D eigenvalue weighted by molar-refractivity contribution is 6.33. The molecular weight excluding hydrogens is 380 g/mol. The van der Waals surface area contributed by atoms with Gasteiger partial charge in [-0.1, -0.05) is 11.6 Å². The molecule has 0 radical (unpaired) electrons. The Morgan fingerprint density at radius 1 is 1.18 bits per heavy atom. The van der Waals surface area contributed by atoms with E-state index in [1.54, 1.807) is 6.07 Å².